The summed E-state index contributed by atoms with van der Waals surface area (Å²) < 4.78 is 0. The van der Waals surface area contributed by atoms with Gasteiger partial charge in [-0.05, 0) is 19.1 Å². The number of benzene rings is 1. The second-order valence-electron chi connectivity index (χ2n) is 4.35. The van der Waals surface area contributed by atoms with E-state index in [-0.39, 0.29) is 23.5 Å². The highest BCUT2D eigenvalue weighted by Crippen LogP contribution is 2.23. The third kappa shape index (κ3) is 4.06. The number of hydrogen-bond donors (Lipinski definition) is 4. The van der Waals surface area contributed by atoms with Crippen molar-refractivity contribution in [3.8, 4) is 5.75 Å². The Morgan fingerprint density at radius 1 is 1.45 bits per heavy atom. The van der Waals surface area contributed by atoms with Crippen LogP contribution < -0.4 is 11.1 Å². The maximum Gasteiger partial charge on any atom is 0.305 e. The first-order valence-electron chi connectivity index (χ1n) is 5.88. The number of Topliss-reactive ketones (excluding diaryl/α,β-unsaturated/α-hetero) is 1. The Labute approximate surface area is 115 Å². The number of carboxylic acid groups (broad SMARTS) is 1. The third-order valence-corrected chi connectivity index (χ3v) is 2.75. The highest BCUT2D eigenvalue weighted by atomic mass is 16.4. The van der Waals surface area contributed by atoms with Gasteiger partial charge in [0.1, 0.15) is 12.0 Å². The second kappa shape index (κ2) is 6.67. The van der Waals surface area contributed by atoms with Gasteiger partial charge in [-0.2, -0.15) is 0 Å². The molecule has 1 unspecified atom stereocenters. The van der Waals surface area contributed by atoms with Gasteiger partial charge in [0.05, 0.1) is 24.1 Å². The lowest BCUT2D eigenvalue weighted by Crippen LogP contribution is -2.42. The van der Waals surface area contributed by atoms with Crippen molar-refractivity contribution < 1.29 is 24.6 Å². The SMILES string of the molecule is CC(=O)c1ccc(NC(CC(=O)O)[C@H](N)C=O)cc1O. The Morgan fingerprint density at radius 2 is 2.10 bits per heavy atom. The fraction of sp³-hybridized carbons (Fsp3) is 0.308. The molecule has 20 heavy (non-hydrogen) atoms. The van der Waals surface area contributed by atoms with Gasteiger partial charge in [0.15, 0.2) is 5.78 Å². The number of aromatic hydroxyl groups is 1. The minimum atomic E-state index is -1.11. The number of carbonyl (C=O) groups excluding carboxylic acids is 2. The molecule has 1 rings (SSSR count). The number of phenolic OH excluding ortho intramolecular Hbond substituents is 1. The van der Waals surface area contributed by atoms with Crippen LogP contribution in [0.5, 0.6) is 5.75 Å². The van der Waals surface area contributed by atoms with Crippen molar-refractivity contribution in [1.82, 2.24) is 0 Å². The van der Waals surface area contributed by atoms with Crippen molar-refractivity contribution in [2.24, 2.45) is 5.73 Å². The van der Waals surface area contributed by atoms with Crippen LogP contribution in [0.4, 0.5) is 5.69 Å². The number of carbonyl (C=O) groups is 3. The number of nitrogens with two attached hydrogens (primary N) is 1. The molecule has 0 saturated heterocycles. The average molecular weight is 280 g/mol. The summed E-state index contributed by atoms with van der Waals surface area (Å²) in [7, 11) is 0. The molecule has 5 N–H and O–H groups in total. The zero-order chi connectivity index (χ0) is 15.3. The van der Waals surface area contributed by atoms with Crippen molar-refractivity contribution in [2.45, 2.75) is 25.4 Å². The first-order chi connectivity index (χ1) is 9.35. The molecule has 0 aromatic heterocycles. The van der Waals surface area contributed by atoms with Crippen LogP contribution in [0.1, 0.15) is 23.7 Å². The topological polar surface area (TPSA) is 130 Å². The van der Waals surface area contributed by atoms with E-state index in [0.29, 0.717) is 12.0 Å². The third-order valence-electron chi connectivity index (χ3n) is 2.75. The van der Waals surface area contributed by atoms with Crippen molar-refractivity contribution in [3.05, 3.63) is 23.8 Å². The Bertz CT molecular complexity index is 529. The van der Waals surface area contributed by atoms with Crippen LogP contribution in [0.2, 0.25) is 0 Å². The van der Waals surface area contributed by atoms with Gasteiger partial charge in [0.25, 0.3) is 0 Å². The summed E-state index contributed by atoms with van der Waals surface area (Å²) >= 11 is 0. The number of anilines is 1. The van der Waals surface area contributed by atoms with Crippen molar-refractivity contribution >= 4 is 23.7 Å². The number of carboxylic acids is 1. The molecule has 0 aliphatic carbocycles. The van der Waals surface area contributed by atoms with Gasteiger partial charge in [-0.15, -0.1) is 0 Å². The molecule has 7 heteroatoms. The fourth-order valence-electron chi connectivity index (χ4n) is 1.70. The summed E-state index contributed by atoms with van der Waals surface area (Å²) in [6.07, 6.45) is 0.0968. The van der Waals surface area contributed by atoms with Gasteiger partial charge in [-0.1, -0.05) is 0 Å². The Kier molecular flexibility index (Phi) is 5.22. The molecule has 0 aliphatic rings. The zero-order valence-electron chi connectivity index (χ0n) is 10.9. The van der Waals surface area contributed by atoms with E-state index in [0.717, 1.165) is 0 Å². The number of rotatable bonds is 7. The van der Waals surface area contributed by atoms with E-state index < -0.39 is 18.1 Å². The normalized spacial score (nSPS) is 13.3. The van der Waals surface area contributed by atoms with E-state index in [1.54, 1.807) is 0 Å². The summed E-state index contributed by atoms with van der Waals surface area (Å²) in [5, 5.41) is 21.2. The molecule has 0 bridgehead atoms. The number of phenols is 1. The van der Waals surface area contributed by atoms with Gasteiger partial charge in [0.2, 0.25) is 0 Å². The number of aliphatic carboxylic acids is 1. The molecule has 0 spiro atoms. The van der Waals surface area contributed by atoms with Crippen LogP contribution in [0.3, 0.4) is 0 Å². The maximum atomic E-state index is 11.2. The first-order valence-corrected chi connectivity index (χ1v) is 5.88. The minimum absolute atomic E-state index is 0.157. The van der Waals surface area contributed by atoms with Crippen LogP contribution >= 0.6 is 0 Å². The predicted molar refractivity (Wildman–Crippen MR) is 71.8 cm³/mol. The van der Waals surface area contributed by atoms with Gasteiger partial charge < -0.3 is 26.1 Å². The average Bonchev–Trinajstić information content (AvgIpc) is 2.36. The van der Waals surface area contributed by atoms with Crippen LogP contribution in [0, 0.1) is 0 Å². The summed E-state index contributed by atoms with van der Waals surface area (Å²) in [5.74, 6) is -1.62. The molecule has 0 heterocycles. The van der Waals surface area contributed by atoms with Gasteiger partial charge in [0, 0.05) is 11.8 Å². The van der Waals surface area contributed by atoms with E-state index in [2.05, 4.69) is 5.32 Å². The molecule has 0 saturated carbocycles. The Balaban J connectivity index is 2.93. The number of hydrogen-bond acceptors (Lipinski definition) is 6. The lowest BCUT2D eigenvalue weighted by molar-refractivity contribution is -0.137. The van der Waals surface area contributed by atoms with Crippen LogP contribution in [-0.2, 0) is 9.59 Å². The molecule has 108 valence electrons. The maximum absolute atomic E-state index is 11.2. The lowest BCUT2D eigenvalue weighted by atomic mass is 10.1. The van der Waals surface area contributed by atoms with Crippen molar-refractivity contribution in [3.63, 3.8) is 0 Å². The first kappa shape index (κ1) is 15.6. The molecular weight excluding hydrogens is 264 g/mol. The molecule has 1 aromatic carbocycles. The van der Waals surface area contributed by atoms with E-state index >= 15 is 0 Å². The molecule has 2 atom stereocenters. The van der Waals surface area contributed by atoms with E-state index in [9.17, 15) is 19.5 Å². The van der Waals surface area contributed by atoms with Crippen molar-refractivity contribution in [2.75, 3.05) is 5.32 Å². The van der Waals surface area contributed by atoms with Gasteiger partial charge in [-0.3, -0.25) is 9.59 Å². The Hall–Kier alpha value is -2.41. The number of aldehydes is 1. The van der Waals surface area contributed by atoms with E-state index in [1.807, 2.05) is 0 Å². The summed E-state index contributed by atoms with van der Waals surface area (Å²) in [5.41, 5.74) is 6.05. The van der Waals surface area contributed by atoms with Crippen LogP contribution in [-0.4, -0.2) is 40.3 Å². The minimum Gasteiger partial charge on any atom is -0.507 e. The predicted octanol–water partition coefficient (Wildman–Crippen LogP) is 0.376. The zero-order valence-corrected chi connectivity index (χ0v) is 10.9. The fourth-order valence-corrected chi connectivity index (χ4v) is 1.70. The monoisotopic (exact) mass is 280 g/mol. The van der Waals surface area contributed by atoms with Crippen LogP contribution in [0.25, 0.3) is 0 Å². The quantitative estimate of drug-likeness (QED) is 0.419. The lowest BCUT2D eigenvalue weighted by Gasteiger charge is -2.21. The smallest absolute Gasteiger partial charge is 0.305 e. The molecule has 1 aromatic rings. The van der Waals surface area contributed by atoms with E-state index in [4.69, 9.17) is 10.8 Å². The van der Waals surface area contributed by atoms with E-state index in [1.165, 1.54) is 25.1 Å². The summed E-state index contributed by atoms with van der Waals surface area (Å²) in [4.78, 5) is 32.6. The van der Waals surface area contributed by atoms with Crippen LogP contribution in [0.15, 0.2) is 18.2 Å². The standard InChI is InChI=1S/C13H16N2O5/c1-7(17)9-3-2-8(4-12(9)18)15-11(5-13(19)20)10(14)6-16/h2-4,6,10-11,15,18H,5,14H2,1H3,(H,19,20)/t10-,11?/m1/s1. The molecule has 0 radical (unpaired) electrons. The summed E-state index contributed by atoms with van der Waals surface area (Å²) in [6, 6.07) is 2.38. The molecule has 0 fully saturated rings. The molecule has 7 nitrogen and oxygen atoms in total. The molecule has 0 amide bonds. The highest BCUT2D eigenvalue weighted by Gasteiger charge is 2.21. The molecular formula is C13H16N2O5. The summed E-state index contributed by atoms with van der Waals surface area (Å²) in [6.45, 7) is 1.32. The van der Waals surface area contributed by atoms with Crippen molar-refractivity contribution in [1.29, 1.82) is 0 Å². The van der Waals surface area contributed by atoms with Gasteiger partial charge in [-0.25, -0.2) is 0 Å². The largest absolute Gasteiger partial charge is 0.507 e. The van der Waals surface area contributed by atoms with Gasteiger partial charge >= 0.3 is 5.97 Å². The molecule has 0 aliphatic heterocycles. The number of ketones is 1. The second-order valence-corrected chi connectivity index (χ2v) is 4.35. The number of nitrogens with one attached hydrogen (secondary N) is 1. The highest BCUT2D eigenvalue weighted by molar-refractivity contribution is 5.97. The Morgan fingerprint density at radius 3 is 2.55 bits per heavy atom.